The molecular weight excluding hydrogens is 895 g/mol. The van der Waals surface area contributed by atoms with Crippen molar-refractivity contribution in [2.24, 2.45) is 44.4 Å². The lowest BCUT2D eigenvalue weighted by molar-refractivity contribution is -0.138. The molecule has 0 spiro atoms. The average molecular weight is 945 g/mol. The largest absolute Gasteiger partial charge is 0.416 e. The second-order valence-electron chi connectivity index (χ2n) is 13.6. The number of thioether (sulfide) groups is 2. The summed E-state index contributed by atoms with van der Waals surface area (Å²) >= 11 is 2.17. The summed E-state index contributed by atoms with van der Waals surface area (Å²) < 4.78 is 85.1. The number of benzene rings is 2. The van der Waals surface area contributed by atoms with Crippen LogP contribution < -0.4 is 55.7 Å². The lowest BCUT2D eigenvalue weighted by atomic mass is 10.1. The van der Waals surface area contributed by atoms with Gasteiger partial charge in [-0.3, -0.25) is 29.2 Å². The van der Waals surface area contributed by atoms with Gasteiger partial charge in [-0.2, -0.15) is 38.1 Å². The number of alkyl halides is 6. The molecule has 16 N–H and O–H groups in total. The number of aromatic nitrogens is 2. The van der Waals surface area contributed by atoms with Crippen LogP contribution >= 0.6 is 23.5 Å². The van der Waals surface area contributed by atoms with Crippen LogP contribution in [0.2, 0.25) is 0 Å². The number of unbranched alkanes of at least 4 members (excludes halogenated alkanes) is 3. The SMILES string of the molecule is NCCSCc1c(NC(=O)CCCCCN=C(N)N)cc(C(F)(F)F)cc1NC(=O)c1cc(C(=O)Nc2cc(C(F)(F)F)cc(NC(=O)CCCCN=C(N)N)c2SCCN)ncn1. The third-order valence-electron chi connectivity index (χ3n) is 8.51. The number of aliphatic imine (C=N–C) groups is 2. The fourth-order valence-electron chi connectivity index (χ4n) is 5.56. The molecule has 0 aliphatic heterocycles. The Labute approximate surface area is 372 Å². The highest BCUT2D eigenvalue weighted by Crippen LogP contribution is 2.42. The van der Waals surface area contributed by atoms with Crippen LogP contribution in [-0.4, -0.2) is 83.2 Å². The predicted octanol–water partition coefficient (Wildman–Crippen LogP) is 4.42. The fourth-order valence-corrected chi connectivity index (χ4v) is 7.24. The lowest BCUT2D eigenvalue weighted by Gasteiger charge is -2.20. The summed E-state index contributed by atoms with van der Waals surface area (Å²) in [5.74, 6) is -3.12. The van der Waals surface area contributed by atoms with Crippen molar-refractivity contribution >= 4 is 81.8 Å². The Morgan fingerprint density at radius 3 is 1.53 bits per heavy atom. The highest BCUT2D eigenvalue weighted by atomic mass is 32.2. The highest BCUT2D eigenvalue weighted by Gasteiger charge is 2.34. The Balaban J connectivity index is 1.95. The third-order valence-corrected chi connectivity index (χ3v) is 10.7. The van der Waals surface area contributed by atoms with Crippen molar-refractivity contribution < 1.29 is 45.5 Å². The fraction of sp³-hybridized carbons (Fsp3) is 0.421. The van der Waals surface area contributed by atoms with Crippen molar-refractivity contribution in [3.8, 4) is 0 Å². The first-order chi connectivity index (χ1) is 30.2. The lowest BCUT2D eigenvalue weighted by Crippen LogP contribution is -2.23. The first-order valence-electron chi connectivity index (χ1n) is 19.5. The van der Waals surface area contributed by atoms with E-state index >= 15 is 0 Å². The molecule has 1 heterocycles. The summed E-state index contributed by atoms with van der Waals surface area (Å²) in [4.78, 5) is 68.5. The number of nitrogens with one attached hydrogen (secondary N) is 4. The standard InChI is InChI=1S/C38H50F6N14O4S2/c39-37(40,41)21-14-24(55-30(59)6-2-1-4-10-51-35(47)48)23(19-63-12-8-45)25(15-21)57-33(61)28-18-29(54-20-53-28)34(62)58-27-17-22(38(42,43)44)16-26(32(27)64-13-9-46)56-31(60)7-3-5-11-52-36(49)50/h14-18,20H,1-13,19,45-46H2,(H,55,59)(H,56,60)(H,57,61)(H,58,62)(H4,47,48,51)(H4,49,50,52). The van der Waals surface area contributed by atoms with Gasteiger partial charge in [0.1, 0.15) is 17.7 Å². The maximum absolute atomic E-state index is 14.2. The van der Waals surface area contributed by atoms with Crippen molar-refractivity contribution in [2.75, 3.05) is 59.0 Å². The van der Waals surface area contributed by atoms with Crippen LogP contribution in [0, 0.1) is 0 Å². The molecule has 0 radical (unpaired) electrons. The van der Waals surface area contributed by atoms with Gasteiger partial charge >= 0.3 is 12.4 Å². The molecule has 4 amide bonds. The van der Waals surface area contributed by atoms with Crippen LogP contribution in [0.1, 0.15) is 82.6 Å². The molecule has 0 fully saturated rings. The van der Waals surface area contributed by atoms with Gasteiger partial charge in [0.2, 0.25) is 11.8 Å². The molecule has 350 valence electrons. The summed E-state index contributed by atoms with van der Waals surface area (Å²) in [6.45, 7) is 0.844. The monoisotopic (exact) mass is 944 g/mol. The summed E-state index contributed by atoms with van der Waals surface area (Å²) in [7, 11) is 0. The first kappa shape index (κ1) is 52.5. The predicted molar refractivity (Wildman–Crippen MR) is 237 cm³/mol. The van der Waals surface area contributed by atoms with E-state index in [4.69, 9.17) is 34.4 Å². The van der Waals surface area contributed by atoms with Gasteiger partial charge in [-0.05, 0) is 49.9 Å². The molecule has 64 heavy (non-hydrogen) atoms. The van der Waals surface area contributed by atoms with E-state index in [9.17, 15) is 45.5 Å². The number of nitrogens with two attached hydrogens (primary N) is 6. The smallest absolute Gasteiger partial charge is 0.370 e. The Morgan fingerprint density at radius 2 is 1.03 bits per heavy atom. The van der Waals surface area contributed by atoms with Gasteiger partial charge in [0, 0.05) is 79.3 Å². The molecule has 2 aromatic carbocycles. The summed E-state index contributed by atoms with van der Waals surface area (Å²) in [6.07, 6.45) is -7.02. The normalized spacial score (nSPS) is 11.4. The minimum atomic E-state index is -4.93. The maximum atomic E-state index is 14.2. The van der Waals surface area contributed by atoms with Crippen molar-refractivity contribution in [3.05, 3.63) is 64.7 Å². The van der Waals surface area contributed by atoms with Gasteiger partial charge in [0.15, 0.2) is 11.9 Å². The number of hydrogen-bond acceptors (Lipinski definition) is 12. The van der Waals surface area contributed by atoms with E-state index in [0.29, 0.717) is 62.6 Å². The van der Waals surface area contributed by atoms with Gasteiger partial charge < -0.3 is 55.7 Å². The number of nitrogens with zero attached hydrogens (tertiary/aromatic N) is 4. The molecule has 3 aromatic rings. The number of amides is 4. The van der Waals surface area contributed by atoms with Gasteiger partial charge in [-0.25, -0.2) is 9.97 Å². The zero-order chi connectivity index (χ0) is 47.5. The van der Waals surface area contributed by atoms with Crippen LogP contribution in [0.3, 0.4) is 0 Å². The van der Waals surface area contributed by atoms with E-state index in [0.717, 1.165) is 30.2 Å². The molecule has 18 nitrogen and oxygen atoms in total. The number of halogens is 6. The van der Waals surface area contributed by atoms with Crippen LogP contribution in [0.5, 0.6) is 0 Å². The van der Waals surface area contributed by atoms with E-state index in [-0.39, 0.29) is 89.1 Å². The number of carbonyl (C=O) groups excluding carboxylic acids is 4. The number of rotatable bonds is 24. The summed E-state index contributed by atoms with van der Waals surface area (Å²) in [5, 5.41) is 9.75. The van der Waals surface area contributed by atoms with E-state index in [1.807, 2.05) is 0 Å². The molecule has 3 rings (SSSR count). The van der Waals surface area contributed by atoms with Gasteiger partial charge in [-0.1, -0.05) is 6.42 Å². The van der Waals surface area contributed by atoms with E-state index in [1.54, 1.807) is 0 Å². The molecule has 0 bridgehead atoms. The molecule has 0 aliphatic rings. The molecule has 0 saturated heterocycles. The van der Waals surface area contributed by atoms with Crippen molar-refractivity contribution in [1.29, 1.82) is 0 Å². The third kappa shape index (κ3) is 17.7. The van der Waals surface area contributed by atoms with Gasteiger partial charge in [0.25, 0.3) is 11.8 Å². The number of carbonyl (C=O) groups is 4. The molecule has 1 aromatic heterocycles. The second-order valence-corrected chi connectivity index (χ2v) is 15.8. The van der Waals surface area contributed by atoms with Crippen LogP contribution in [0.4, 0.5) is 49.1 Å². The highest BCUT2D eigenvalue weighted by molar-refractivity contribution is 7.99. The molecule has 26 heteroatoms. The van der Waals surface area contributed by atoms with Gasteiger partial charge in [0.05, 0.1) is 27.4 Å². The minimum Gasteiger partial charge on any atom is -0.370 e. The Hall–Kier alpha value is -5.86. The zero-order valence-electron chi connectivity index (χ0n) is 34.3. The Kier molecular flexibility index (Phi) is 20.9. The first-order valence-corrected chi connectivity index (χ1v) is 21.6. The van der Waals surface area contributed by atoms with E-state index < -0.39 is 58.5 Å². The quantitative estimate of drug-likeness (QED) is 0.0196. The Bertz CT molecular complexity index is 2150. The van der Waals surface area contributed by atoms with E-state index in [1.165, 1.54) is 11.8 Å². The summed E-state index contributed by atoms with van der Waals surface area (Å²) in [5.41, 5.74) is 28.0. The second kappa shape index (κ2) is 25.4. The topological polar surface area (TPSA) is 323 Å². The van der Waals surface area contributed by atoms with E-state index in [2.05, 4.69) is 41.2 Å². The van der Waals surface area contributed by atoms with Crippen molar-refractivity contribution in [1.82, 2.24) is 9.97 Å². The number of guanidine groups is 2. The molecule has 0 unspecified atom stereocenters. The zero-order valence-corrected chi connectivity index (χ0v) is 36.0. The van der Waals surface area contributed by atoms with Gasteiger partial charge in [-0.15, -0.1) is 11.8 Å². The van der Waals surface area contributed by atoms with Crippen molar-refractivity contribution in [2.45, 2.75) is 67.9 Å². The van der Waals surface area contributed by atoms with Crippen molar-refractivity contribution in [3.63, 3.8) is 0 Å². The number of hydrogen-bond donors (Lipinski definition) is 10. The molecule has 0 atom stereocenters. The van der Waals surface area contributed by atoms with Crippen LogP contribution in [0.15, 0.2) is 51.5 Å². The minimum absolute atomic E-state index is 0.000131. The maximum Gasteiger partial charge on any atom is 0.416 e. The van der Waals surface area contributed by atoms with Crippen LogP contribution in [-0.2, 0) is 27.7 Å². The average Bonchev–Trinajstić information content (AvgIpc) is 3.21. The molecule has 0 aliphatic carbocycles. The molecular formula is C38H50F6N14O4S2. The number of anilines is 4. The summed E-state index contributed by atoms with van der Waals surface area (Å²) in [6, 6.07) is 3.68. The Morgan fingerprint density at radius 1 is 0.594 bits per heavy atom. The molecule has 0 saturated carbocycles. The van der Waals surface area contributed by atoms with Crippen LogP contribution in [0.25, 0.3) is 0 Å².